The summed E-state index contributed by atoms with van der Waals surface area (Å²) < 4.78 is 0. The maximum absolute atomic E-state index is 12.0. The van der Waals surface area contributed by atoms with Gasteiger partial charge in [0.15, 0.2) is 0 Å². The van der Waals surface area contributed by atoms with Gasteiger partial charge in [-0.1, -0.05) is 34.1 Å². The summed E-state index contributed by atoms with van der Waals surface area (Å²) in [5.41, 5.74) is -0.119. The van der Waals surface area contributed by atoms with E-state index in [1.165, 1.54) is 19.3 Å². The zero-order valence-corrected chi connectivity index (χ0v) is 12.3. The lowest BCUT2D eigenvalue weighted by atomic mass is 9.96. The molecule has 1 fully saturated rings. The van der Waals surface area contributed by atoms with Gasteiger partial charge < -0.3 is 5.32 Å². The van der Waals surface area contributed by atoms with Crippen LogP contribution in [-0.2, 0) is 5.41 Å². The van der Waals surface area contributed by atoms with Gasteiger partial charge in [0.2, 0.25) is 5.82 Å². The van der Waals surface area contributed by atoms with E-state index in [9.17, 15) is 4.79 Å². The molecule has 1 heterocycles. The number of hydrogen-bond donors (Lipinski definition) is 2. The van der Waals surface area contributed by atoms with Crippen molar-refractivity contribution >= 4 is 5.91 Å². The lowest BCUT2D eigenvalue weighted by Gasteiger charge is -2.13. The Bertz CT molecular complexity index is 447. The third kappa shape index (κ3) is 3.55. The number of aromatic amines is 1. The van der Waals surface area contributed by atoms with Crippen molar-refractivity contribution in [1.82, 2.24) is 20.5 Å². The first-order chi connectivity index (χ1) is 8.86. The third-order valence-corrected chi connectivity index (χ3v) is 3.75. The Balaban J connectivity index is 1.88. The highest BCUT2D eigenvalue weighted by Crippen LogP contribution is 2.29. The first kappa shape index (κ1) is 14.0. The second kappa shape index (κ2) is 5.31. The van der Waals surface area contributed by atoms with Crippen molar-refractivity contribution < 1.29 is 4.79 Å². The molecule has 2 rings (SSSR count). The lowest BCUT2D eigenvalue weighted by molar-refractivity contribution is 0.0937. The second-order valence-electron chi connectivity index (χ2n) is 6.75. The van der Waals surface area contributed by atoms with E-state index in [2.05, 4.69) is 27.4 Å². The van der Waals surface area contributed by atoms with Crippen molar-refractivity contribution in [1.29, 1.82) is 0 Å². The van der Waals surface area contributed by atoms with E-state index in [4.69, 9.17) is 0 Å². The Morgan fingerprint density at radius 1 is 1.42 bits per heavy atom. The van der Waals surface area contributed by atoms with E-state index in [-0.39, 0.29) is 17.1 Å². The van der Waals surface area contributed by atoms with Crippen LogP contribution >= 0.6 is 0 Å². The van der Waals surface area contributed by atoms with Crippen molar-refractivity contribution in [2.75, 3.05) is 6.54 Å². The monoisotopic (exact) mass is 264 g/mol. The zero-order valence-electron chi connectivity index (χ0n) is 12.3. The average molecular weight is 264 g/mol. The van der Waals surface area contributed by atoms with Gasteiger partial charge in [0.05, 0.1) is 0 Å². The maximum atomic E-state index is 12.0. The zero-order chi connectivity index (χ0) is 14.0. The smallest absolute Gasteiger partial charge is 0.290 e. The van der Waals surface area contributed by atoms with Crippen LogP contribution in [0, 0.1) is 11.8 Å². The van der Waals surface area contributed by atoms with Crippen LogP contribution in [0.25, 0.3) is 0 Å². The van der Waals surface area contributed by atoms with Crippen molar-refractivity contribution in [3.05, 3.63) is 11.6 Å². The molecule has 2 unspecified atom stereocenters. The number of amides is 1. The predicted octanol–water partition coefficient (Wildman–Crippen LogP) is 2.27. The normalized spacial score (nSPS) is 23.6. The van der Waals surface area contributed by atoms with E-state index in [0.29, 0.717) is 5.92 Å². The van der Waals surface area contributed by atoms with Crippen LogP contribution in [0.5, 0.6) is 0 Å². The Morgan fingerprint density at radius 2 is 2.16 bits per heavy atom. The van der Waals surface area contributed by atoms with Gasteiger partial charge >= 0.3 is 0 Å². The topological polar surface area (TPSA) is 70.7 Å². The minimum Gasteiger partial charge on any atom is -0.349 e. The summed E-state index contributed by atoms with van der Waals surface area (Å²) >= 11 is 0. The van der Waals surface area contributed by atoms with Crippen LogP contribution in [0.2, 0.25) is 0 Å². The molecule has 106 valence electrons. The Hall–Kier alpha value is -1.39. The highest BCUT2D eigenvalue weighted by Gasteiger charge is 2.24. The van der Waals surface area contributed by atoms with Crippen LogP contribution in [0.1, 0.15) is 63.4 Å². The third-order valence-electron chi connectivity index (χ3n) is 3.75. The number of nitrogens with one attached hydrogen (secondary N) is 2. The van der Waals surface area contributed by atoms with Crippen LogP contribution in [0.4, 0.5) is 0 Å². The summed E-state index contributed by atoms with van der Waals surface area (Å²) in [6.45, 7) is 9.12. The minimum atomic E-state index is -0.175. The summed E-state index contributed by atoms with van der Waals surface area (Å²) in [5.74, 6) is 2.22. The van der Waals surface area contributed by atoms with Crippen LogP contribution < -0.4 is 5.32 Å². The van der Waals surface area contributed by atoms with Crippen LogP contribution in [-0.4, -0.2) is 27.6 Å². The first-order valence-corrected chi connectivity index (χ1v) is 7.07. The standard InChI is InChI=1S/C14H24N4O/c1-9-5-6-10(7-9)8-15-12(19)11-16-13(18-17-11)14(2,3)4/h9-10H,5-8H2,1-4H3,(H,15,19)(H,16,17,18). The van der Waals surface area contributed by atoms with Crippen molar-refractivity contribution in [3.8, 4) is 0 Å². The summed E-state index contributed by atoms with van der Waals surface area (Å²) in [4.78, 5) is 16.2. The summed E-state index contributed by atoms with van der Waals surface area (Å²) in [6, 6.07) is 0. The predicted molar refractivity (Wildman–Crippen MR) is 73.9 cm³/mol. The molecule has 2 atom stereocenters. The minimum absolute atomic E-state index is 0.119. The number of rotatable bonds is 3. The molecule has 0 saturated heterocycles. The second-order valence-corrected chi connectivity index (χ2v) is 6.75. The number of aromatic nitrogens is 3. The molecule has 0 bridgehead atoms. The highest BCUT2D eigenvalue weighted by atomic mass is 16.2. The largest absolute Gasteiger partial charge is 0.349 e. The van der Waals surface area contributed by atoms with Gasteiger partial charge in [-0.15, -0.1) is 5.10 Å². The number of H-pyrrole nitrogens is 1. The summed E-state index contributed by atoms with van der Waals surface area (Å²) in [7, 11) is 0. The quantitative estimate of drug-likeness (QED) is 0.879. The number of hydrogen-bond acceptors (Lipinski definition) is 3. The highest BCUT2D eigenvalue weighted by molar-refractivity contribution is 5.90. The fourth-order valence-corrected chi connectivity index (χ4v) is 2.53. The molecule has 0 aromatic carbocycles. The van der Waals surface area contributed by atoms with Gasteiger partial charge in [-0.2, -0.15) is 0 Å². The van der Waals surface area contributed by atoms with E-state index in [1.807, 2.05) is 20.8 Å². The Morgan fingerprint density at radius 3 is 2.68 bits per heavy atom. The molecule has 5 nitrogen and oxygen atoms in total. The number of carbonyl (C=O) groups excluding carboxylic acids is 1. The molecule has 1 aromatic heterocycles. The molecule has 1 aliphatic carbocycles. The van der Waals surface area contributed by atoms with Crippen molar-refractivity contribution in [2.45, 2.75) is 52.4 Å². The molecule has 0 spiro atoms. The van der Waals surface area contributed by atoms with E-state index in [0.717, 1.165) is 18.3 Å². The average Bonchev–Trinajstić information content (AvgIpc) is 2.93. The van der Waals surface area contributed by atoms with Crippen molar-refractivity contribution in [2.24, 2.45) is 11.8 Å². The van der Waals surface area contributed by atoms with Gasteiger partial charge in [-0.25, -0.2) is 4.98 Å². The molecule has 5 heteroatoms. The molecule has 19 heavy (non-hydrogen) atoms. The molecule has 1 aromatic rings. The Labute approximate surface area is 114 Å². The molecule has 0 aliphatic heterocycles. The van der Waals surface area contributed by atoms with Gasteiger partial charge in [0, 0.05) is 12.0 Å². The van der Waals surface area contributed by atoms with E-state index >= 15 is 0 Å². The summed E-state index contributed by atoms with van der Waals surface area (Å²) in [6.07, 6.45) is 3.69. The lowest BCUT2D eigenvalue weighted by Crippen LogP contribution is -2.29. The maximum Gasteiger partial charge on any atom is 0.290 e. The fourth-order valence-electron chi connectivity index (χ4n) is 2.53. The van der Waals surface area contributed by atoms with Gasteiger partial charge in [-0.3, -0.25) is 9.89 Å². The Kier molecular flexibility index (Phi) is 3.92. The van der Waals surface area contributed by atoms with Gasteiger partial charge in [-0.05, 0) is 24.7 Å². The van der Waals surface area contributed by atoms with E-state index in [1.54, 1.807) is 0 Å². The molecule has 1 aliphatic rings. The fraction of sp³-hybridized carbons (Fsp3) is 0.786. The van der Waals surface area contributed by atoms with Crippen LogP contribution in [0.3, 0.4) is 0 Å². The van der Waals surface area contributed by atoms with Gasteiger partial charge in [0.1, 0.15) is 5.82 Å². The molecule has 1 saturated carbocycles. The van der Waals surface area contributed by atoms with Crippen molar-refractivity contribution in [3.63, 3.8) is 0 Å². The molecule has 1 amide bonds. The molecular formula is C14H24N4O. The molecular weight excluding hydrogens is 240 g/mol. The summed E-state index contributed by atoms with van der Waals surface area (Å²) in [5, 5.41) is 9.78. The van der Waals surface area contributed by atoms with Crippen LogP contribution in [0.15, 0.2) is 0 Å². The van der Waals surface area contributed by atoms with E-state index < -0.39 is 0 Å². The van der Waals surface area contributed by atoms with Gasteiger partial charge in [0.25, 0.3) is 5.91 Å². The first-order valence-electron chi connectivity index (χ1n) is 7.07. The molecule has 0 radical (unpaired) electrons. The molecule has 2 N–H and O–H groups in total. The SMILES string of the molecule is CC1CCC(CNC(=O)c2n[nH]c(C(C)(C)C)n2)C1. The number of nitrogens with zero attached hydrogens (tertiary/aromatic N) is 2. The number of carbonyl (C=O) groups is 1.